The normalized spacial score (nSPS) is 22.6. The third-order valence-corrected chi connectivity index (χ3v) is 1.84. The number of aromatic carboxylic acids is 1. The first-order valence-corrected chi connectivity index (χ1v) is 3.51. The molecule has 0 spiro atoms. The van der Waals surface area contributed by atoms with E-state index in [0.717, 1.165) is 6.33 Å². The van der Waals surface area contributed by atoms with Crippen molar-refractivity contribution in [2.75, 3.05) is 0 Å². The second-order valence-electron chi connectivity index (χ2n) is 2.80. The minimum Gasteiger partial charge on any atom is -0.542 e. The van der Waals surface area contributed by atoms with E-state index < -0.39 is 30.2 Å². The van der Waals surface area contributed by atoms with Crippen molar-refractivity contribution in [3.8, 4) is 0 Å². The zero-order chi connectivity index (χ0) is 9.64. The van der Waals surface area contributed by atoms with E-state index in [1.165, 1.54) is 0 Å². The summed E-state index contributed by atoms with van der Waals surface area (Å²) in [6, 6.07) is -1.18. The maximum absolute atomic E-state index is 12.5. The molecule has 1 heterocycles. The van der Waals surface area contributed by atoms with Crippen LogP contribution in [0.4, 0.5) is 8.78 Å². The Hall–Kier alpha value is -0.933. The molecule has 1 aromatic rings. The average molecular weight is 195 g/mol. The molecule has 1 aromatic heterocycles. The minimum absolute atomic E-state index is 0. The molecule has 1 unspecified atom stereocenters. The first kappa shape index (κ1) is 11.1. The van der Waals surface area contributed by atoms with E-state index in [2.05, 4.69) is 10.1 Å². The number of carboxylic acid groups (broad SMARTS) is 1. The van der Waals surface area contributed by atoms with Crippen LogP contribution in [0.1, 0.15) is 23.1 Å². The summed E-state index contributed by atoms with van der Waals surface area (Å²) in [5.74, 6) is -5.01. The molecule has 0 N–H and O–H groups in total. The third-order valence-electron chi connectivity index (χ3n) is 1.84. The van der Waals surface area contributed by atoms with Gasteiger partial charge in [-0.25, -0.2) is 18.4 Å². The molecule has 1 fully saturated rings. The predicted molar refractivity (Wildman–Crippen MR) is 33.0 cm³/mol. The van der Waals surface area contributed by atoms with Crippen LogP contribution in [0.25, 0.3) is 0 Å². The molecule has 0 radical (unpaired) electrons. The van der Waals surface area contributed by atoms with Crippen LogP contribution in [0.15, 0.2) is 6.33 Å². The van der Waals surface area contributed by atoms with Gasteiger partial charge in [-0.3, -0.25) is 0 Å². The Balaban J connectivity index is 0.000000980. The number of carbonyl (C=O) groups is 1. The fraction of sp³-hybridized carbons (Fsp3) is 0.500. The van der Waals surface area contributed by atoms with Gasteiger partial charge >= 0.3 is 18.9 Å². The quantitative estimate of drug-likeness (QED) is 0.454. The van der Waals surface area contributed by atoms with Crippen molar-refractivity contribution < 1.29 is 37.5 Å². The molecule has 5 nitrogen and oxygen atoms in total. The van der Waals surface area contributed by atoms with E-state index in [9.17, 15) is 18.7 Å². The van der Waals surface area contributed by atoms with Crippen LogP contribution >= 0.6 is 0 Å². The first-order valence-electron chi connectivity index (χ1n) is 3.51. The largest absolute Gasteiger partial charge is 1.00 e. The Morgan fingerprint density at radius 1 is 1.71 bits per heavy atom. The number of hydrogen-bond donors (Lipinski definition) is 0. The molecule has 2 rings (SSSR count). The first-order chi connectivity index (χ1) is 6.02. The second-order valence-corrected chi connectivity index (χ2v) is 2.80. The fourth-order valence-corrected chi connectivity index (χ4v) is 1.09. The maximum atomic E-state index is 12.5. The van der Waals surface area contributed by atoms with Crippen molar-refractivity contribution in [1.29, 1.82) is 0 Å². The van der Waals surface area contributed by atoms with E-state index >= 15 is 0 Å². The summed E-state index contributed by atoms with van der Waals surface area (Å²) in [5.41, 5.74) is 0. The van der Waals surface area contributed by atoms with Gasteiger partial charge < -0.3 is 9.90 Å². The average Bonchev–Trinajstić information content (AvgIpc) is 2.49. The van der Waals surface area contributed by atoms with E-state index in [1.54, 1.807) is 0 Å². The Bertz CT molecular complexity index is 368. The summed E-state index contributed by atoms with van der Waals surface area (Å²) < 4.78 is 25.7. The molecule has 0 aliphatic heterocycles. The third kappa shape index (κ3) is 1.65. The van der Waals surface area contributed by atoms with Crippen LogP contribution in [0.2, 0.25) is 0 Å². The van der Waals surface area contributed by atoms with E-state index in [4.69, 9.17) is 0 Å². The number of halogens is 2. The standard InChI is InChI=1S/C6H5F2N3O2.Li/c7-6(8)1-3(6)11-4(5(12)13)9-2-10-11;/h2-3H,1H2,(H,12,13);/q;+1/p-1. The van der Waals surface area contributed by atoms with Crippen LogP contribution in [-0.4, -0.2) is 26.7 Å². The summed E-state index contributed by atoms with van der Waals surface area (Å²) >= 11 is 0. The van der Waals surface area contributed by atoms with Crippen LogP contribution in [0.3, 0.4) is 0 Å². The van der Waals surface area contributed by atoms with Crippen molar-refractivity contribution in [2.24, 2.45) is 0 Å². The van der Waals surface area contributed by atoms with Crippen LogP contribution in [0, 0.1) is 0 Å². The summed E-state index contributed by atoms with van der Waals surface area (Å²) in [7, 11) is 0. The Kier molecular flexibility index (Phi) is 2.65. The number of carboxylic acids is 1. The molecule has 1 aliphatic rings. The van der Waals surface area contributed by atoms with E-state index in [-0.39, 0.29) is 18.9 Å². The van der Waals surface area contributed by atoms with E-state index in [1.807, 2.05) is 0 Å². The monoisotopic (exact) mass is 195 g/mol. The summed E-state index contributed by atoms with van der Waals surface area (Å²) in [6.45, 7) is 0. The zero-order valence-corrected chi connectivity index (χ0v) is 7.28. The van der Waals surface area contributed by atoms with Gasteiger partial charge in [-0.15, -0.1) is 0 Å². The van der Waals surface area contributed by atoms with Gasteiger partial charge in [0.05, 0.1) is 0 Å². The molecule has 0 saturated heterocycles. The Morgan fingerprint density at radius 2 is 2.29 bits per heavy atom. The SMILES string of the molecule is O=C([O-])c1ncnn1C1CC1(F)F.[Li+]. The van der Waals surface area contributed by atoms with Gasteiger partial charge in [0, 0.05) is 6.42 Å². The van der Waals surface area contributed by atoms with Gasteiger partial charge in [-0.1, -0.05) is 0 Å². The van der Waals surface area contributed by atoms with Gasteiger partial charge in [-0.2, -0.15) is 5.10 Å². The van der Waals surface area contributed by atoms with Crippen molar-refractivity contribution >= 4 is 5.97 Å². The van der Waals surface area contributed by atoms with Gasteiger partial charge in [-0.05, 0) is 0 Å². The van der Waals surface area contributed by atoms with Crippen LogP contribution < -0.4 is 24.0 Å². The molecule has 1 aliphatic carbocycles. The second kappa shape index (κ2) is 3.33. The van der Waals surface area contributed by atoms with Gasteiger partial charge in [0.25, 0.3) is 5.92 Å². The number of aromatic nitrogens is 3. The summed E-state index contributed by atoms with van der Waals surface area (Å²) in [5, 5.41) is 13.7. The van der Waals surface area contributed by atoms with Crippen molar-refractivity contribution in [1.82, 2.24) is 14.8 Å². The molecule has 14 heavy (non-hydrogen) atoms. The number of nitrogens with zero attached hydrogens (tertiary/aromatic N) is 3. The molecule has 8 heteroatoms. The molecule has 1 saturated carbocycles. The molecular weight excluding hydrogens is 191 g/mol. The molecular formula is C6H4F2LiN3O2. The topological polar surface area (TPSA) is 70.8 Å². The minimum atomic E-state index is -2.86. The number of carbonyl (C=O) groups excluding carboxylic acids is 1. The fourth-order valence-electron chi connectivity index (χ4n) is 1.09. The number of hydrogen-bond acceptors (Lipinski definition) is 4. The van der Waals surface area contributed by atoms with Crippen LogP contribution in [0.5, 0.6) is 0 Å². The van der Waals surface area contributed by atoms with Crippen LogP contribution in [-0.2, 0) is 0 Å². The number of rotatable bonds is 2. The molecule has 0 bridgehead atoms. The van der Waals surface area contributed by atoms with Gasteiger partial charge in [0.1, 0.15) is 18.3 Å². The number of alkyl halides is 2. The Labute approximate surface area is 89.3 Å². The molecule has 1 atom stereocenters. The Morgan fingerprint density at radius 3 is 2.71 bits per heavy atom. The predicted octanol–water partition coefficient (Wildman–Crippen LogP) is -3.77. The zero-order valence-electron chi connectivity index (χ0n) is 7.28. The van der Waals surface area contributed by atoms with Gasteiger partial charge in [0.2, 0.25) is 0 Å². The van der Waals surface area contributed by atoms with Crippen molar-refractivity contribution in [3.05, 3.63) is 12.2 Å². The molecule has 0 amide bonds. The van der Waals surface area contributed by atoms with Crippen molar-refractivity contribution in [3.63, 3.8) is 0 Å². The van der Waals surface area contributed by atoms with E-state index in [0.29, 0.717) is 4.68 Å². The summed E-state index contributed by atoms with van der Waals surface area (Å²) in [4.78, 5) is 13.6. The van der Waals surface area contributed by atoms with Crippen molar-refractivity contribution in [2.45, 2.75) is 18.4 Å². The molecule has 70 valence electrons. The van der Waals surface area contributed by atoms with Gasteiger partial charge in [0.15, 0.2) is 5.82 Å². The molecule has 0 aromatic carbocycles. The smallest absolute Gasteiger partial charge is 0.542 e. The summed E-state index contributed by atoms with van der Waals surface area (Å²) in [6.07, 6.45) is 0.524. The maximum Gasteiger partial charge on any atom is 1.00 e.